The molecule has 3 atom stereocenters. The van der Waals surface area contributed by atoms with E-state index in [1.807, 2.05) is 21.1 Å². The van der Waals surface area contributed by atoms with Gasteiger partial charge in [0.1, 0.15) is 13.2 Å². The normalized spacial score (nSPS) is 14.9. The summed E-state index contributed by atoms with van der Waals surface area (Å²) in [7, 11) is 1.58. The summed E-state index contributed by atoms with van der Waals surface area (Å²) in [4.78, 5) is 23.3. The van der Waals surface area contributed by atoms with Crippen LogP contribution in [0.15, 0.2) is 134 Å². The Bertz CT molecular complexity index is 1640. The fourth-order valence-electron chi connectivity index (χ4n) is 7.64. The van der Waals surface area contributed by atoms with E-state index >= 15 is 0 Å². The number of carbonyl (C=O) groups is 1. The van der Waals surface area contributed by atoms with Gasteiger partial charge in [0.15, 0.2) is 0 Å². The molecule has 73 heavy (non-hydrogen) atoms. The molecule has 3 N–H and O–H groups in total. The third-order valence-corrected chi connectivity index (χ3v) is 13.1. The van der Waals surface area contributed by atoms with Crippen molar-refractivity contribution in [3.63, 3.8) is 0 Å². The lowest BCUT2D eigenvalue weighted by Crippen LogP contribution is -2.46. The van der Waals surface area contributed by atoms with E-state index in [0.717, 1.165) is 128 Å². The SMILES string of the molecule is CC/C=C\C/C=C\C/C=C\C/C=C\C/C=C\C/C=C\C/C=C\C/C=C\C/C=C\C/C=C\C/C=C\CCCCCCCC(=O)NC(COP(=O)(O)OCC[N+](C)(C)C)C(O)CCCCCCCCCCCCCC. The minimum absolute atomic E-state index is 0.0636. The number of quaternary nitrogens is 1. The summed E-state index contributed by atoms with van der Waals surface area (Å²) in [5.74, 6) is -0.170. The van der Waals surface area contributed by atoms with Gasteiger partial charge < -0.3 is 19.8 Å². The molecule has 0 aromatic heterocycles. The van der Waals surface area contributed by atoms with Crippen LogP contribution >= 0.6 is 7.82 Å². The first-order chi connectivity index (χ1) is 35.5. The number of aliphatic hydroxyl groups is 1. The molecule has 0 aliphatic carbocycles. The number of likely N-dealkylation sites (N-methyl/N-ethyl adjacent to an activating group) is 1. The summed E-state index contributed by atoms with van der Waals surface area (Å²) in [5, 5.41) is 14.0. The zero-order chi connectivity index (χ0) is 53.5. The molecule has 8 nitrogen and oxygen atoms in total. The largest absolute Gasteiger partial charge is 0.472 e. The number of phosphoric ester groups is 1. The van der Waals surface area contributed by atoms with Crippen molar-refractivity contribution in [1.29, 1.82) is 0 Å². The molecule has 0 aliphatic heterocycles. The molecule has 1 amide bonds. The molecular weight excluding hydrogens is 924 g/mol. The van der Waals surface area contributed by atoms with Gasteiger partial charge in [-0.1, -0.05) is 244 Å². The van der Waals surface area contributed by atoms with Gasteiger partial charge in [-0.15, -0.1) is 0 Å². The monoisotopic (exact) mass is 1030 g/mol. The van der Waals surface area contributed by atoms with Crippen LogP contribution in [-0.4, -0.2) is 73.4 Å². The number of carbonyl (C=O) groups excluding carboxylic acids is 1. The highest BCUT2D eigenvalue weighted by molar-refractivity contribution is 7.47. The van der Waals surface area contributed by atoms with Crippen LogP contribution in [0.2, 0.25) is 0 Å². The van der Waals surface area contributed by atoms with Crippen molar-refractivity contribution < 1.29 is 32.9 Å². The maximum Gasteiger partial charge on any atom is 0.472 e. The average Bonchev–Trinajstić information content (AvgIpc) is 3.35. The maximum absolute atomic E-state index is 13.0. The van der Waals surface area contributed by atoms with Crippen LogP contribution in [0.1, 0.15) is 213 Å². The quantitative estimate of drug-likeness (QED) is 0.0243. The Balaban J connectivity index is 4.15. The molecule has 0 saturated heterocycles. The minimum Gasteiger partial charge on any atom is -0.391 e. The van der Waals surface area contributed by atoms with Crippen molar-refractivity contribution in [1.82, 2.24) is 5.32 Å². The Labute approximate surface area is 449 Å². The van der Waals surface area contributed by atoms with Gasteiger partial charge in [0, 0.05) is 6.42 Å². The third kappa shape index (κ3) is 56.2. The molecule has 0 heterocycles. The van der Waals surface area contributed by atoms with E-state index in [0.29, 0.717) is 23.9 Å². The van der Waals surface area contributed by atoms with Crippen molar-refractivity contribution in [3.8, 4) is 0 Å². The number of unbranched alkanes of at least 4 members (excludes halogenated alkanes) is 16. The molecule has 3 unspecified atom stereocenters. The summed E-state index contributed by atoms with van der Waals surface area (Å²) in [6.07, 6.45) is 80.8. The number of allylic oxidation sites excluding steroid dienone is 22. The average molecular weight is 1030 g/mol. The van der Waals surface area contributed by atoms with Crippen molar-refractivity contribution in [2.24, 2.45) is 0 Å². The van der Waals surface area contributed by atoms with Crippen LogP contribution in [0.4, 0.5) is 0 Å². The second kappa shape index (κ2) is 53.5. The Hall–Kier alpha value is -3.36. The van der Waals surface area contributed by atoms with E-state index in [2.05, 4.69) is 153 Å². The predicted molar refractivity (Wildman–Crippen MR) is 318 cm³/mol. The fourth-order valence-corrected chi connectivity index (χ4v) is 8.37. The molecule has 0 aromatic carbocycles. The number of nitrogens with zero attached hydrogens (tertiary/aromatic N) is 1. The molecule has 416 valence electrons. The lowest BCUT2D eigenvalue weighted by molar-refractivity contribution is -0.870. The Morgan fingerprint density at radius 1 is 0.479 bits per heavy atom. The zero-order valence-electron chi connectivity index (χ0n) is 47.3. The number of rotatable bonds is 51. The molecule has 9 heteroatoms. The van der Waals surface area contributed by atoms with Crippen LogP contribution < -0.4 is 5.32 Å². The third-order valence-electron chi connectivity index (χ3n) is 12.2. The molecule has 0 fully saturated rings. The van der Waals surface area contributed by atoms with Gasteiger partial charge in [-0.3, -0.25) is 13.8 Å². The van der Waals surface area contributed by atoms with Crippen molar-refractivity contribution in [2.75, 3.05) is 40.9 Å². The molecule has 0 spiro atoms. The summed E-state index contributed by atoms with van der Waals surface area (Å²) in [6, 6.07) is -0.780. The summed E-state index contributed by atoms with van der Waals surface area (Å²) in [6.45, 7) is 4.73. The Morgan fingerprint density at radius 3 is 1.21 bits per heavy atom. The zero-order valence-corrected chi connectivity index (χ0v) is 48.2. The number of aliphatic hydroxyl groups excluding tert-OH is 1. The number of amides is 1. The van der Waals surface area contributed by atoms with E-state index in [4.69, 9.17) is 9.05 Å². The summed E-state index contributed by atoms with van der Waals surface area (Å²) in [5.41, 5.74) is 0. The first kappa shape index (κ1) is 69.6. The van der Waals surface area contributed by atoms with Gasteiger partial charge in [0.05, 0.1) is 39.9 Å². The second-order valence-electron chi connectivity index (χ2n) is 20.3. The van der Waals surface area contributed by atoms with E-state index in [9.17, 15) is 19.4 Å². The molecule has 0 rings (SSSR count). The first-order valence-corrected chi connectivity index (χ1v) is 30.5. The van der Waals surface area contributed by atoms with E-state index in [1.54, 1.807) is 0 Å². The Morgan fingerprint density at radius 2 is 0.822 bits per heavy atom. The van der Waals surface area contributed by atoms with E-state index in [-0.39, 0.29) is 19.1 Å². The van der Waals surface area contributed by atoms with Crippen molar-refractivity contribution in [2.45, 2.75) is 225 Å². The standard InChI is InChI=1S/C64H109N2O6P/c1-6-8-10-12-14-16-18-20-21-22-23-24-25-26-27-28-29-30-31-32-33-34-35-36-37-38-39-40-41-42-43-44-45-46-48-50-52-54-56-58-64(68)65-62(61-72-73(69,70)71-60-59-66(3,4)5)63(67)57-55-53-51-49-47-19-17-15-13-11-9-7-2/h8,10,14,16,20-21,23-24,26-27,29-30,32-33,35-36,38-39,41-42,44-45,62-63,67H,6-7,9,11-13,15,17-19,22,25,28,31,34,37,40,43,46-61H2,1-5H3,(H-,65,68,69,70)/p+1/b10-8-,16-14-,21-20-,24-23-,27-26-,30-29-,33-32-,36-35-,39-38-,42-41-,45-44-. The number of nitrogens with one attached hydrogen (secondary N) is 1. The summed E-state index contributed by atoms with van der Waals surface area (Å²) < 4.78 is 23.7. The van der Waals surface area contributed by atoms with Crippen LogP contribution in [0.3, 0.4) is 0 Å². The number of hydrogen-bond acceptors (Lipinski definition) is 5. The van der Waals surface area contributed by atoms with Gasteiger partial charge in [0.2, 0.25) is 5.91 Å². The molecular formula is C64H110N2O6P+. The topological polar surface area (TPSA) is 105 Å². The van der Waals surface area contributed by atoms with Gasteiger partial charge in [-0.2, -0.15) is 0 Å². The number of hydrogen-bond donors (Lipinski definition) is 3. The van der Waals surface area contributed by atoms with Gasteiger partial charge >= 0.3 is 7.82 Å². The summed E-state index contributed by atoms with van der Waals surface area (Å²) >= 11 is 0. The minimum atomic E-state index is -4.33. The van der Waals surface area contributed by atoms with Gasteiger partial charge in [-0.25, -0.2) is 4.57 Å². The smallest absolute Gasteiger partial charge is 0.391 e. The molecule has 0 aliphatic rings. The lowest BCUT2D eigenvalue weighted by Gasteiger charge is -2.26. The van der Waals surface area contributed by atoms with Crippen LogP contribution in [0.25, 0.3) is 0 Å². The fraction of sp³-hybridized carbons (Fsp3) is 0.641. The van der Waals surface area contributed by atoms with Crippen LogP contribution in [0.5, 0.6) is 0 Å². The second-order valence-corrected chi connectivity index (χ2v) is 21.7. The Kier molecular flexibility index (Phi) is 51.0. The molecule has 0 aromatic rings. The molecule has 0 saturated carbocycles. The van der Waals surface area contributed by atoms with Crippen LogP contribution in [-0.2, 0) is 18.4 Å². The number of phosphoric acid groups is 1. The highest BCUT2D eigenvalue weighted by Crippen LogP contribution is 2.43. The lowest BCUT2D eigenvalue weighted by atomic mass is 10.0. The van der Waals surface area contributed by atoms with Crippen molar-refractivity contribution >= 4 is 13.7 Å². The molecule has 0 bridgehead atoms. The van der Waals surface area contributed by atoms with Gasteiger partial charge in [0.25, 0.3) is 0 Å². The maximum atomic E-state index is 13.0. The predicted octanol–water partition coefficient (Wildman–Crippen LogP) is 17.9. The molecule has 0 radical (unpaired) electrons. The van der Waals surface area contributed by atoms with E-state index < -0.39 is 20.0 Å². The van der Waals surface area contributed by atoms with Crippen LogP contribution in [0, 0.1) is 0 Å². The van der Waals surface area contributed by atoms with Crippen molar-refractivity contribution in [3.05, 3.63) is 134 Å². The highest BCUT2D eigenvalue weighted by atomic mass is 31.2. The van der Waals surface area contributed by atoms with Gasteiger partial charge in [-0.05, 0) is 96.3 Å². The highest BCUT2D eigenvalue weighted by Gasteiger charge is 2.28. The first-order valence-electron chi connectivity index (χ1n) is 29.0. The van der Waals surface area contributed by atoms with E-state index in [1.165, 1.54) is 57.8 Å².